The van der Waals surface area contributed by atoms with E-state index in [0.717, 1.165) is 22.5 Å². The third-order valence-electron chi connectivity index (χ3n) is 2.81. The Balaban J connectivity index is 1.86. The highest BCUT2D eigenvalue weighted by molar-refractivity contribution is 7.09. The lowest BCUT2D eigenvalue weighted by Crippen LogP contribution is -2.36. The number of nitrogens with zero attached hydrogens (tertiary/aromatic N) is 4. The summed E-state index contributed by atoms with van der Waals surface area (Å²) in [6, 6.07) is 0. The first-order chi connectivity index (χ1) is 10.4. The molecular formula is C12H15F3N6S. The van der Waals surface area contributed by atoms with Crippen molar-refractivity contribution in [1.82, 2.24) is 25.2 Å². The highest BCUT2D eigenvalue weighted by atomic mass is 32.1. The van der Waals surface area contributed by atoms with Crippen LogP contribution in [0.5, 0.6) is 0 Å². The summed E-state index contributed by atoms with van der Waals surface area (Å²) in [5, 5.41) is 7.29. The normalized spacial score (nSPS) is 12.5. The molecule has 0 saturated heterocycles. The number of aryl methyl sites for hydroxylation is 1. The van der Waals surface area contributed by atoms with Gasteiger partial charge in [-0.3, -0.25) is 4.99 Å². The van der Waals surface area contributed by atoms with E-state index in [1.165, 1.54) is 0 Å². The van der Waals surface area contributed by atoms with Crippen molar-refractivity contribution in [2.45, 2.75) is 19.3 Å². The monoisotopic (exact) mass is 332 g/mol. The lowest BCUT2D eigenvalue weighted by atomic mass is 10.5. The molecule has 0 amide bonds. The lowest BCUT2D eigenvalue weighted by molar-refractivity contribution is -0.140. The summed E-state index contributed by atoms with van der Waals surface area (Å²) < 4.78 is 39.2. The number of alkyl halides is 3. The molecule has 0 aromatic carbocycles. The summed E-state index contributed by atoms with van der Waals surface area (Å²) in [5.41, 5.74) is -0.870. The second-order valence-corrected chi connectivity index (χ2v) is 5.30. The molecule has 0 unspecified atom stereocenters. The summed E-state index contributed by atoms with van der Waals surface area (Å²) in [6.07, 6.45) is -0.907. The maximum Gasteiger partial charge on any atom is 0.434 e. The molecule has 22 heavy (non-hydrogen) atoms. The van der Waals surface area contributed by atoms with Crippen LogP contribution in [-0.2, 0) is 26.3 Å². The van der Waals surface area contributed by atoms with Gasteiger partial charge >= 0.3 is 6.18 Å². The molecule has 2 rings (SSSR count). The van der Waals surface area contributed by atoms with Crippen LogP contribution >= 0.6 is 11.3 Å². The van der Waals surface area contributed by atoms with Crippen molar-refractivity contribution < 1.29 is 13.2 Å². The van der Waals surface area contributed by atoms with Crippen molar-refractivity contribution in [3.63, 3.8) is 0 Å². The van der Waals surface area contributed by atoms with Crippen molar-refractivity contribution >= 4 is 17.3 Å². The minimum Gasteiger partial charge on any atom is -0.350 e. The molecule has 0 aliphatic heterocycles. The Labute approximate surface area is 129 Å². The fourth-order valence-corrected chi connectivity index (χ4v) is 2.37. The van der Waals surface area contributed by atoms with E-state index in [0.29, 0.717) is 17.5 Å². The minimum absolute atomic E-state index is 0.168. The molecule has 0 spiro atoms. The molecular weight excluding hydrogens is 317 g/mol. The molecule has 2 aromatic heterocycles. The number of halogens is 3. The van der Waals surface area contributed by atoms with Crippen LogP contribution in [0.4, 0.5) is 13.2 Å². The van der Waals surface area contributed by atoms with Gasteiger partial charge in [0.15, 0.2) is 11.7 Å². The largest absolute Gasteiger partial charge is 0.434 e. The Hall–Kier alpha value is -2.10. The van der Waals surface area contributed by atoms with Gasteiger partial charge in [0.05, 0.1) is 13.1 Å². The van der Waals surface area contributed by atoms with E-state index in [4.69, 9.17) is 0 Å². The quantitative estimate of drug-likeness (QED) is 0.661. The highest BCUT2D eigenvalue weighted by Crippen LogP contribution is 2.29. The van der Waals surface area contributed by atoms with E-state index in [9.17, 15) is 13.2 Å². The average molecular weight is 332 g/mol. The van der Waals surface area contributed by atoms with Crippen LogP contribution in [0.2, 0.25) is 0 Å². The molecule has 0 atom stereocenters. The zero-order valence-electron chi connectivity index (χ0n) is 12.0. The summed E-state index contributed by atoms with van der Waals surface area (Å²) >= 11 is 0.954. The van der Waals surface area contributed by atoms with Gasteiger partial charge in [0.25, 0.3) is 0 Å². The van der Waals surface area contributed by atoms with Crippen molar-refractivity contribution in [2.24, 2.45) is 12.0 Å². The van der Waals surface area contributed by atoms with Gasteiger partial charge < -0.3 is 15.2 Å². The average Bonchev–Trinajstić information content (AvgIpc) is 3.08. The van der Waals surface area contributed by atoms with Gasteiger partial charge in [0.2, 0.25) is 0 Å². The van der Waals surface area contributed by atoms with Crippen LogP contribution in [0.25, 0.3) is 0 Å². The number of aromatic nitrogens is 3. The first kappa shape index (κ1) is 16.3. The zero-order chi connectivity index (χ0) is 16.2. The molecule has 0 aliphatic rings. The molecule has 0 fully saturated rings. The standard InChI is InChI=1S/C12H15F3N6S/c1-16-11(18-5-9-17-3-4-21(9)2)19-6-10-20-8(7-22-10)12(13,14)15/h3-4,7H,5-6H2,1-2H3,(H2,16,18,19). The first-order valence-corrected chi connectivity index (χ1v) is 7.20. The Kier molecular flexibility index (Phi) is 5.01. The molecule has 0 radical (unpaired) electrons. The van der Waals surface area contributed by atoms with Crippen molar-refractivity contribution in [3.8, 4) is 0 Å². The van der Waals surface area contributed by atoms with Crippen LogP contribution in [-0.4, -0.2) is 27.5 Å². The van der Waals surface area contributed by atoms with Crippen LogP contribution < -0.4 is 10.6 Å². The second kappa shape index (κ2) is 6.77. The van der Waals surface area contributed by atoms with Crippen molar-refractivity contribution in [3.05, 3.63) is 34.3 Å². The summed E-state index contributed by atoms with van der Waals surface area (Å²) in [7, 11) is 3.45. The van der Waals surface area contributed by atoms with Gasteiger partial charge in [-0.15, -0.1) is 11.3 Å². The molecule has 10 heteroatoms. The van der Waals surface area contributed by atoms with Gasteiger partial charge in [0, 0.05) is 31.9 Å². The highest BCUT2D eigenvalue weighted by Gasteiger charge is 2.33. The van der Waals surface area contributed by atoms with Crippen LogP contribution in [0.1, 0.15) is 16.5 Å². The summed E-state index contributed by atoms with van der Waals surface area (Å²) in [4.78, 5) is 11.7. The van der Waals surface area contributed by atoms with Crippen molar-refractivity contribution in [1.29, 1.82) is 0 Å². The molecule has 120 valence electrons. The van der Waals surface area contributed by atoms with Crippen molar-refractivity contribution in [2.75, 3.05) is 7.05 Å². The molecule has 0 aliphatic carbocycles. The van der Waals surface area contributed by atoms with Crippen LogP contribution in [0, 0.1) is 0 Å². The molecule has 0 saturated carbocycles. The lowest BCUT2D eigenvalue weighted by Gasteiger charge is -2.10. The smallest absolute Gasteiger partial charge is 0.350 e. The molecule has 2 N–H and O–H groups in total. The summed E-state index contributed by atoms with van der Waals surface area (Å²) in [5.74, 6) is 1.28. The van der Waals surface area contributed by atoms with Gasteiger partial charge in [-0.05, 0) is 0 Å². The molecule has 2 aromatic rings. The van der Waals surface area contributed by atoms with Gasteiger partial charge in [0.1, 0.15) is 10.8 Å². The third-order valence-corrected chi connectivity index (χ3v) is 3.66. The third kappa shape index (κ3) is 4.20. The number of hydrogen-bond donors (Lipinski definition) is 2. The fraction of sp³-hybridized carbons (Fsp3) is 0.417. The number of thiazole rings is 1. The summed E-state index contributed by atoms with van der Waals surface area (Å²) in [6.45, 7) is 0.621. The fourth-order valence-electron chi connectivity index (χ4n) is 1.63. The second-order valence-electron chi connectivity index (χ2n) is 4.36. The van der Waals surface area contributed by atoms with E-state index >= 15 is 0 Å². The Morgan fingerprint density at radius 2 is 2.09 bits per heavy atom. The number of rotatable bonds is 4. The maximum absolute atomic E-state index is 12.5. The van der Waals surface area contributed by atoms with E-state index < -0.39 is 11.9 Å². The first-order valence-electron chi connectivity index (χ1n) is 6.32. The predicted molar refractivity (Wildman–Crippen MR) is 77.4 cm³/mol. The van der Waals surface area contributed by atoms with Crippen LogP contribution in [0.15, 0.2) is 22.8 Å². The number of aliphatic imine (C=N–C) groups is 1. The molecule has 6 nitrogen and oxygen atoms in total. The van der Waals surface area contributed by atoms with Gasteiger partial charge in [-0.2, -0.15) is 13.2 Å². The SMILES string of the molecule is CN=C(NCc1nc(C(F)(F)F)cs1)NCc1nccn1C. The topological polar surface area (TPSA) is 67.1 Å². The Morgan fingerprint density at radius 3 is 2.64 bits per heavy atom. The maximum atomic E-state index is 12.5. The number of imidazole rings is 1. The minimum atomic E-state index is -4.41. The molecule has 0 bridgehead atoms. The van der Waals surface area contributed by atoms with E-state index in [-0.39, 0.29) is 6.54 Å². The van der Waals surface area contributed by atoms with E-state index in [2.05, 4.69) is 25.6 Å². The predicted octanol–water partition coefficient (Wildman–Crippen LogP) is 1.76. The van der Waals surface area contributed by atoms with E-state index in [1.54, 1.807) is 13.2 Å². The van der Waals surface area contributed by atoms with Gasteiger partial charge in [-0.1, -0.05) is 0 Å². The Morgan fingerprint density at radius 1 is 1.36 bits per heavy atom. The number of hydrogen-bond acceptors (Lipinski definition) is 4. The van der Waals surface area contributed by atoms with Gasteiger partial charge in [-0.25, -0.2) is 9.97 Å². The Bertz CT molecular complexity index is 645. The number of guanidine groups is 1. The molecule has 2 heterocycles. The van der Waals surface area contributed by atoms with E-state index in [1.807, 2.05) is 17.8 Å². The zero-order valence-corrected chi connectivity index (χ0v) is 12.8. The van der Waals surface area contributed by atoms with Crippen LogP contribution in [0.3, 0.4) is 0 Å². The number of nitrogens with one attached hydrogen (secondary N) is 2.